The molecule has 0 saturated heterocycles. The lowest BCUT2D eigenvalue weighted by atomic mass is 10.1. The molecule has 0 bridgehead atoms. The van der Waals surface area contributed by atoms with E-state index in [-0.39, 0.29) is 33.1 Å². The number of nitrogens with zero attached hydrogens (tertiary/aromatic N) is 3. The third kappa shape index (κ3) is 11.2. The van der Waals surface area contributed by atoms with Crippen molar-refractivity contribution in [2.75, 3.05) is 11.5 Å². The first-order valence-electron chi connectivity index (χ1n) is 13.7. The van der Waals surface area contributed by atoms with Gasteiger partial charge >= 0.3 is 0 Å². The van der Waals surface area contributed by atoms with Crippen LogP contribution >= 0.6 is 11.6 Å². The van der Waals surface area contributed by atoms with Gasteiger partial charge in [-0.2, -0.15) is 4.99 Å². The lowest BCUT2D eigenvalue weighted by Crippen LogP contribution is -2.24. The van der Waals surface area contributed by atoms with Crippen LogP contribution < -0.4 is 11.5 Å². The molecule has 0 heterocycles. The minimum atomic E-state index is -3.83. The van der Waals surface area contributed by atoms with Gasteiger partial charge in [0.15, 0.2) is 25.6 Å². The molecule has 2 rings (SSSR count). The van der Waals surface area contributed by atoms with E-state index in [9.17, 15) is 46.7 Å². The second-order valence-corrected chi connectivity index (χ2v) is 14.4. The molecule has 18 heteroatoms. The Morgan fingerprint density at radius 3 is 1.47 bits per heavy atom. The zero-order chi connectivity index (χ0) is 34.7. The van der Waals surface area contributed by atoms with Gasteiger partial charge in [-0.1, -0.05) is 39.5 Å². The number of sulfone groups is 2. The molecule has 0 aliphatic heterocycles. The molecule has 45 heavy (non-hydrogen) atoms. The van der Waals surface area contributed by atoms with Crippen LogP contribution in [0.1, 0.15) is 84.2 Å². The predicted molar refractivity (Wildman–Crippen MR) is 169 cm³/mol. The van der Waals surface area contributed by atoms with E-state index in [1.807, 2.05) is 13.8 Å². The van der Waals surface area contributed by atoms with Crippen molar-refractivity contribution in [3.63, 3.8) is 0 Å². The Hall–Kier alpha value is -3.96. The van der Waals surface area contributed by atoms with Crippen molar-refractivity contribution in [2.45, 2.75) is 76.0 Å². The van der Waals surface area contributed by atoms with Crippen molar-refractivity contribution in [2.24, 2.45) is 16.5 Å². The van der Waals surface area contributed by atoms with E-state index in [0.717, 1.165) is 43.5 Å². The molecule has 4 N–H and O–H groups in total. The maximum Gasteiger partial charge on any atom is 0.288 e. The maximum atomic E-state index is 12.4. The summed E-state index contributed by atoms with van der Waals surface area (Å²) in [4.78, 5) is 46.4. The van der Waals surface area contributed by atoms with Gasteiger partial charge in [0.1, 0.15) is 9.79 Å². The first-order valence-corrected chi connectivity index (χ1v) is 17.4. The van der Waals surface area contributed by atoms with Gasteiger partial charge in [0.2, 0.25) is 0 Å². The number of amides is 1. The molecule has 0 atom stereocenters. The number of nitro benzene ring substituents is 2. The normalized spacial score (nSPS) is 11.2. The number of hydrogen-bond donors (Lipinski definition) is 2. The number of carbonyl (C=O) groups is 2. The van der Waals surface area contributed by atoms with Crippen LogP contribution in [0.25, 0.3) is 0 Å². The van der Waals surface area contributed by atoms with Gasteiger partial charge in [0.05, 0.1) is 26.9 Å². The maximum absolute atomic E-state index is 12.4. The first-order chi connectivity index (χ1) is 20.8. The van der Waals surface area contributed by atoms with Crippen LogP contribution in [0.5, 0.6) is 0 Å². The van der Waals surface area contributed by atoms with Crippen LogP contribution in [0.3, 0.4) is 0 Å². The van der Waals surface area contributed by atoms with Gasteiger partial charge in [-0.05, 0) is 61.5 Å². The van der Waals surface area contributed by atoms with Crippen LogP contribution in [0.4, 0.5) is 11.4 Å². The molecule has 0 unspecified atom stereocenters. The van der Waals surface area contributed by atoms with E-state index in [1.165, 1.54) is 13.8 Å². The highest BCUT2D eigenvalue weighted by Crippen LogP contribution is 2.31. The third-order valence-electron chi connectivity index (χ3n) is 6.38. The predicted octanol–water partition coefficient (Wildman–Crippen LogP) is 4.53. The van der Waals surface area contributed by atoms with E-state index in [2.05, 4.69) is 4.99 Å². The zero-order valence-electron chi connectivity index (χ0n) is 25.2. The average molecular weight is 690 g/mol. The van der Waals surface area contributed by atoms with E-state index >= 15 is 0 Å². The fourth-order valence-electron chi connectivity index (χ4n) is 4.05. The summed E-state index contributed by atoms with van der Waals surface area (Å²) in [6.07, 6.45) is 3.94. The van der Waals surface area contributed by atoms with Crippen molar-refractivity contribution in [3.8, 4) is 0 Å². The molecule has 0 aromatic heterocycles. The lowest BCUT2D eigenvalue weighted by Gasteiger charge is -2.09. The fraction of sp³-hybridized carbons (Fsp3) is 0.444. The summed E-state index contributed by atoms with van der Waals surface area (Å²) in [5, 5.41) is 21.5. The molecule has 0 aliphatic carbocycles. The number of aliphatic imine (C=N–C) groups is 1. The molecule has 0 fully saturated rings. The van der Waals surface area contributed by atoms with E-state index in [4.69, 9.17) is 23.1 Å². The number of benzene rings is 2. The number of halogens is 1. The Labute approximate surface area is 266 Å². The Morgan fingerprint density at radius 1 is 0.756 bits per heavy atom. The minimum Gasteiger partial charge on any atom is -0.370 e. The highest BCUT2D eigenvalue weighted by atomic mass is 35.5. The van der Waals surface area contributed by atoms with E-state index in [0.29, 0.717) is 24.8 Å². The number of rotatable bonds is 14. The summed E-state index contributed by atoms with van der Waals surface area (Å²) in [6.45, 7) is 6.80. The van der Waals surface area contributed by atoms with Crippen LogP contribution in [-0.4, -0.2) is 55.3 Å². The van der Waals surface area contributed by atoms with Gasteiger partial charge in [0, 0.05) is 17.7 Å². The van der Waals surface area contributed by atoms with Crippen LogP contribution in [-0.2, 0) is 19.7 Å². The number of carbonyl (C=O) groups excluding carboxylic acids is 2. The van der Waals surface area contributed by atoms with Crippen LogP contribution in [0, 0.1) is 34.1 Å². The summed E-state index contributed by atoms with van der Waals surface area (Å²) in [7, 11) is -7.60. The molecular weight excluding hydrogens is 654 g/mol. The molecule has 0 saturated carbocycles. The standard InChI is InChI=1S/C14H20N4O5S.C13H16ClNO5S/c1-3-4-5-6-24(22,23)12-7-9(2)10(8-11(12)18(20)21)13(19)17-14(15)16;1-3-4-5-6-21(19,20)12-7-9(2)10(13(14)16)8-11(12)15(17)18/h7-8H,3-6H2,1-2H3,(H4,15,16,17,19);7-8H,3-6H2,1-2H3. The van der Waals surface area contributed by atoms with Gasteiger partial charge < -0.3 is 11.5 Å². The zero-order valence-corrected chi connectivity index (χ0v) is 27.6. The number of unbranched alkanes of at least 4 members (excludes halogenated alkanes) is 4. The number of nitro groups is 2. The van der Waals surface area contributed by atoms with E-state index < -0.39 is 62.9 Å². The summed E-state index contributed by atoms with van der Waals surface area (Å²) < 4.78 is 49.3. The highest BCUT2D eigenvalue weighted by molar-refractivity contribution is 7.91. The molecule has 2 aromatic carbocycles. The largest absolute Gasteiger partial charge is 0.370 e. The SMILES string of the molecule is CCCCCS(=O)(=O)c1cc(C)c(C(=O)Cl)cc1[N+](=O)[O-].CCCCCS(=O)(=O)c1cc(C)c(C(=O)N=C(N)N)cc1[N+](=O)[O-]. The Bertz CT molecular complexity index is 1700. The summed E-state index contributed by atoms with van der Waals surface area (Å²) in [6, 6.07) is 4.10. The minimum absolute atomic E-state index is 0.0594. The highest BCUT2D eigenvalue weighted by Gasteiger charge is 2.29. The molecule has 0 spiro atoms. The van der Waals surface area contributed by atoms with Gasteiger partial charge in [-0.15, -0.1) is 0 Å². The quantitative estimate of drug-likeness (QED) is 0.0693. The van der Waals surface area contributed by atoms with Gasteiger partial charge in [-0.25, -0.2) is 16.8 Å². The van der Waals surface area contributed by atoms with Crippen molar-refractivity contribution in [3.05, 3.63) is 66.7 Å². The first kappa shape index (κ1) is 39.1. The summed E-state index contributed by atoms with van der Waals surface area (Å²) in [5.74, 6) is -1.71. The van der Waals surface area contributed by atoms with E-state index in [1.54, 1.807) is 0 Å². The monoisotopic (exact) mass is 689 g/mol. The molecule has 2 aromatic rings. The second kappa shape index (κ2) is 16.9. The third-order valence-corrected chi connectivity index (χ3v) is 10.2. The van der Waals surface area contributed by atoms with Crippen molar-refractivity contribution in [1.29, 1.82) is 0 Å². The van der Waals surface area contributed by atoms with Crippen LogP contribution in [0.15, 0.2) is 39.0 Å². The summed E-state index contributed by atoms with van der Waals surface area (Å²) >= 11 is 5.34. The van der Waals surface area contributed by atoms with Crippen molar-refractivity contribution >= 4 is 59.8 Å². The summed E-state index contributed by atoms with van der Waals surface area (Å²) in [5.41, 5.74) is 9.33. The lowest BCUT2D eigenvalue weighted by molar-refractivity contribution is -0.388. The van der Waals surface area contributed by atoms with Crippen molar-refractivity contribution in [1.82, 2.24) is 0 Å². The molecular formula is C27H36ClN5O10S2. The van der Waals surface area contributed by atoms with Gasteiger partial charge in [0.25, 0.3) is 22.5 Å². The average Bonchev–Trinajstić information content (AvgIpc) is 2.92. The van der Waals surface area contributed by atoms with Crippen LogP contribution in [0.2, 0.25) is 0 Å². The fourth-order valence-corrected chi connectivity index (χ4v) is 7.48. The Kier molecular flexibility index (Phi) is 14.7. The topological polar surface area (TPSA) is 253 Å². The second-order valence-electron chi connectivity index (χ2n) is 9.95. The number of nitrogens with two attached hydrogens (primary N) is 2. The Balaban J connectivity index is 0.000000454. The molecule has 0 radical (unpaired) electrons. The Morgan fingerprint density at radius 2 is 1.13 bits per heavy atom. The van der Waals surface area contributed by atoms with Gasteiger partial charge in [-0.3, -0.25) is 29.8 Å². The van der Waals surface area contributed by atoms with Crippen molar-refractivity contribution < 1.29 is 36.3 Å². The molecule has 1 amide bonds. The smallest absolute Gasteiger partial charge is 0.288 e. The number of aryl methyl sites for hydroxylation is 2. The number of guanidine groups is 1. The molecule has 248 valence electrons. The molecule has 0 aliphatic rings. The number of hydrogen-bond acceptors (Lipinski definition) is 10. The molecule has 15 nitrogen and oxygen atoms in total.